The summed E-state index contributed by atoms with van der Waals surface area (Å²) in [5.74, 6) is -0.245. The number of rotatable bonds is 2. The molecule has 0 radical (unpaired) electrons. The van der Waals surface area contributed by atoms with Crippen LogP contribution < -0.4 is 0 Å². The number of ether oxygens (including phenoxy) is 2. The molecular weight excluding hydrogens is 234 g/mol. The minimum Gasteiger partial charge on any atom is -0.444 e. The molecule has 1 saturated heterocycles. The van der Waals surface area contributed by atoms with Crippen LogP contribution in [-0.2, 0) is 20.9 Å². The predicted octanol–water partition coefficient (Wildman–Crippen LogP) is 1.57. The van der Waals surface area contributed by atoms with Crippen molar-refractivity contribution in [1.29, 1.82) is 0 Å². The Morgan fingerprint density at radius 3 is 2.83 bits per heavy atom. The average Bonchev–Trinajstić information content (AvgIpc) is 2.62. The van der Waals surface area contributed by atoms with E-state index in [1.54, 1.807) is 0 Å². The average molecular weight is 249 g/mol. The van der Waals surface area contributed by atoms with Crippen LogP contribution in [0.4, 0.5) is 4.79 Å². The molecule has 1 aliphatic rings. The first-order valence-corrected chi connectivity index (χ1v) is 5.86. The lowest BCUT2D eigenvalue weighted by molar-refractivity contribution is -0.128. The summed E-state index contributed by atoms with van der Waals surface area (Å²) in [5, 5.41) is 0. The molecule has 1 heterocycles. The molecule has 96 valence electrons. The Kier molecular flexibility index (Phi) is 4.30. The Hall–Kier alpha value is -1.88. The lowest BCUT2D eigenvalue weighted by Crippen LogP contribution is -2.37. The summed E-state index contributed by atoms with van der Waals surface area (Å²) in [6.07, 6.45) is -0.380. The largest absolute Gasteiger partial charge is 0.444 e. The molecule has 2 rings (SSSR count). The lowest BCUT2D eigenvalue weighted by atomic mass is 10.2. The summed E-state index contributed by atoms with van der Waals surface area (Å²) >= 11 is 0. The second-order valence-corrected chi connectivity index (χ2v) is 3.95. The molecule has 0 N–H and O–H groups in total. The van der Waals surface area contributed by atoms with Crippen molar-refractivity contribution in [3.05, 3.63) is 35.9 Å². The van der Waals surface area contributed by atoms with Crippen LogP contribution in [0.5, 0.6) is 0 Å². The number of hydrogen-bond acceptors (Lipinski definition) is 4. The Morgan fingerprint density at radius 1 is 1.28 bits per heavy atom. The van der Waals surface area contributed by atoms with Crippen molar-refractivity contribution < 1.29 is 19.1 Å². The fourth-order valence-electron chi connectivity index (χ4n) is 1.67. The van der Waals surface area contributed by atoms with Gasteiger partial charge in [-0.25, -0.2) is 9.69 Å². The summed E-state index contributed by atoms with van der Waals surface area (Å²) in [6.45, 7) is 1.16. The van der Waals surface area contributed by atoms with Crippen molar-refractivity contribution in [3.63, 3.8) is 0 Å². The van der Waals surface area contributed by atoms with Gasteiger partial charge in [0.25, 0.3) is 0 Å². The van der Waals surface area contributed by atoms with Crippen molar-refractivity contribution >= 4 is 12.0 Å². The van der Waals surface area contributed by atoms with Crippen LogP contribution in [0.3, 0.4) is 0 Å². The van der Waals surface area contributed by atoms with Crippen LogP contribution in [-0.4, -0.2) is 36.7 Å². The van der Waals surface area contributed by atoms with Crippen LogP contribution in [0, 0.1) is 0 Å². The molecule has 2 amide bonds. The topological polar surface area (TPSA) is 55.8 Å². The highest BCUT2D eigenvalue weighted by molar-refractivity contribution is 5.92. The van der Waals surface area contributed by atoms with E-state index in [9.17, 15) is 9.59 Å². The van der Waals surface area contributed by atoms with E-state index in [2.05, 4.69) is 0 Å². The molecule has 0 unspecified atom stereocenters. The van der Waals surface area contributed by atoms with Crippen LogP contribution >= 0.6 is 0 Å². The van der Waals surface area contributed by atoms with Crippen molar-refractivity contribution in [2.45, 2.75) is 13.0 Å². The maximum Gasteiger partial charge on any atom is 0.416 e. The summed E-state index contributed by atoms with van der Waals surface area (Å²) in [5.41, 5.74) is 0.893. The van der Waals surface area contributed by atoms with Crippen LogP contribution in [0.25, 0.3) is 0 Å². The standard InChI is InChI=1S/C13H15NO4/c15-12-6-8-17-9-7-14(12)13(16)18-10-11-4-2-1-3-5-11/h1-5H,6-10H2. The second kappa shape index (κ2) is 6.16. The summed E-state index contributed by atoms with van der Waals surface area (Å²) < 4.78 is 10.2. The molecule has 5 nitrogen and oxygen atoms in total. The summed E-state index contributed by atoms with van der Waals surface area (Å²) in [4.78, 5) is 24.5. The van der Waals surface area contributed by atoms with Gasteiger partial charge in [0.1, 0.15) is 6.61 Å². The Bertz CT molecular complexity index is 418. The van der Waals surface area contributed by atoms with Gasteiger partial charge in [-0.2, -0.15) is 0 Å². The van der Waals surface area contributed by atoms with Crippen LogP contribution in [0.2, 0.25) is 0 Å². The van der Waals surface area contributed by atoms with Crippen LogP contribution in [0.1, 0.15) is 12.0 Å². The number of carbonyl (C=O) groups is 2. The fourth-order valence-corrected chi connectivity index (χ4v) is 1.67. The maximum absolute atomic E-state index is 11.8. The fraction of sp³-hybridized carbons (Fsp3) is 0.385. The third-order valence-corrected chi connectivity index (χ3v) is 2.65. The van der Waals surface area contributed by atoms with Gasteiger partial charge in [0, 0.05) is 0 Å². The first-order chi connectivity index (χ1) is 8.77. The van der Waals surface area contributed by atoms with E-state index >= 15 is 0 Å². The summed E-state index contributed by atoms with van der Waals surface area (Å²) in [6, 6.07) is 9.35. The van der Waals surface area contributed by atoms with E-state index in [1.165, 1.54) is 0 Å². The van der Waals surface area contributed by atoms with Gasteiger partial charge in [0.2, 0.25) is 5.91 Å². The van der Waals surface area contributed by atoms with E-state index in [0.717, 1.165) is 10.5 Å². The molecule has 1 fully saturated rings. The van der Waals surface area contributed by atoms with Crippen molar-refractivity contribution in [1.82, 2.24) is 4.90 Å². The van der Waals surface area contributed by atoms with E-state index in [4.69, 9.17) is 9.47 Å². The Morgan fingerprint density at radius 2 is 2.06 bits per heavy atom. The highest BCUT2D eigenvalue weighted by Gasteiger charge is 2.24. The summed E-state index contributed by atoms with van der Waals surface area (Å²) in [7, 11) is 0. The molecule has 1 aromatic carbocycles. The van der Waals surface area contributed by atoms with Crippen molar-refractivity contribution in [2.75, 3.05) is 19.8 Å². The van der Waals surface area contributed by atoms with E-state index in [-0.39, 0.29) is 25.5 Å². The quantitative estimate of drug-likeness (QED) is 0.798. The predicted molar refractivity (Wildman–Crippen MR) is 63.8 cm³/mol. The number of nitrogens with zero attached hydrogens (tertiary/aromatic N) is 1. The van der Waals surface area contributed by atoms with Gasteiger partial charge in [0.15, 0.2) is 0 Å². The maximum atomic E-state index is 11.8. The first-order valence-electron chi connectivity index (χ1n) is 5.86. The molecular formula is C13H15NO4. The molecule has 1 aromatic rings. The SMILES string of the molecule is O=C1CCOCCN1C(=O)OCc1ccccc1. The molecule has 1 aliphatic heterocycles. The molecule has 0 aromatic heterocycles. The molecule has 0 spiro atoms. The van der Waals surface area contributed by atoms with E-state index in [0.29, 0.717) is 13.2 Å². The first kappa shape index (κ1) is 12.6. The normalized spacial score (nSPS) is 16.2. The minimum absolute atomic E-state index is 0.171. The Balaban J connectivity index is 1.89. The van der Waals surface area contributed by atoms with Gasteiger partial charge in [0.05, 0.1) is 26.2 Å². The molecule has 0 bridgehead atoms. The second-order valence-electron chi connectivity index (χ2n) is 3.95. The monoisotopic (exact) mass is 249 g/mol. The van der Waals surface area contributed by atoms with Gasteiger partial charge in [-0.3, -0.25) is 4.79 Å². The molecule has 0 saturated carbocycles. The number of carbonyl (C=O) groups excluding carboxylic acids is 2. The number of hydrogen-bond donors (Lipinski definition) is 0. The van der Waals surface area contributed by atoms with E-state index < -0.39 is 6.09 Å². The zero-order chi connectivity index (χ0) is 12.8. The number of amides is 2. The van der Waals surface area contributed by atoms with E-state index in [1.807, 2.05) is 30.3 Å². The van der Waals surface area contributed by atoms with Crippen molar-refractivity contribution in [3.8, 4) is 0 Å². The highest BCUT2D eigenvalue weighted by atomic mass is 16.6. The van der Waals surface area contributed by atoms with Gasteiger partial charge >= 0.3 is 6.09 Å². The van der Waals surface area contributed by atoms with Crippen LogP contribution in [0.15, 0.2) is 30.3 Å². The zero-order valence-electron chi connectivity index (χ0n) is 10.0. The Labute approximate surface area is 105 Å². The van der Waals surface area contributed by atoms with Gasteiger partial charge in [-0.05, 0) is 5.56 Å². The van der Waals surface area contributed by atoms with Gasteiger partial charge in [-0.15, -0.1) is 0 Å². The van der Waals surface area contributed by atoms with Gasteiger partial charge < -0.3 is 9.47 Å². The highest BCUT2D eigenvalue weighted by Crippen LogP contribution is 2.06. The molecule has 0 aliphatic carbocycles. The number of imide groups is 1. The molecule has 0 atom stereocenters. The number of benzene rings is 1. The lowest BCUT2D eigenvalue weighted by Gasteiger charge is -2.17. The minimum atomic E-state index is -0.602. The van der Waals surface area contributed by atoms with Crippen molar-refractivity contribution in [2.24, 2.45) is 0 Å². The molecule has 18 heavy (non-hydrogen) atoms. The smallest absolute Gasteiger partial charge is 0.416 e. The zero-order valence-corrected chi connectivity index (χ0v) is 10.0. The molecule has 5 heteroatoms. The van der Waals surface area contributed by atoms with Gasteiger partial charge in [-0.1, -0.05) is 30.3 Å². The third-order valence-electron chi connectivity index (χ3n) is 2.65. The third kappa shape index (κ3) is 3.30.